The number of anilines is 1. The van der Waals surface area contributed by atoms with Crippen molar-refractivity contribution in [2.45, 2.75) is 37.1 Å². The molecule has 0 saturated heterocycles. The second-order valence-electron chi connectivity index (χ2n) is 5.63. The molecule has 24 heavy (non-hydrogen) atoms. The van der Waals surface area contributed by atoms with Crippen molar-refractivity contribution < 1.29 is 22.7 Å². The van der Waals surface area contributed by atoms with Crippen molar-refractivity contribution in [3.8, 4) is 11.5 Å². The van der Waals surface area contributed by atoms with Crippen LogP contribution in [0.15, 0.2) is 17.0 Å². The summed E-state index contributed by atoms with van der Waals surface area (Å²) in [6.45, 7) is 3.77. The summed E-state index contributed by atoms with van der Waals surface area (Å²) in [5.74, 6) is 0.0877. The molecule has 2 rings (SSSR count). The first-order valence-electron chi connectivity index (χ1n) is 7.69. The Hall–Kier alpha value is -1.84. The molecule has 1 amide bonds. The van der Waals surface area contributed by atoms with Crippen LogP contribution in [0.5, 0.6) is 11.5 Å². The number of nitrogens with two attached hydrogens (primary N) is 1. The molecule has 8 nitrogen and oxygen atoms in total. The van der Waals surface area contributed by atoms with Gasteiger partial charge in [0.25, 0.3) is 5.91 Å². The van der Waals surface area contributed by atoms with Gasteiger partial charge < -0.3 is 20.5 Å². The molecule has 1 aliphatic heterocycles. The van der Waals surface area contributed by atoms with Crippen LogP contribution in [0.2, 0.25) is 0 Å². The smallest absolute Gasteiger partial charge is 0.262 e. The number of benzene rings is 1. The van der Waals surface area contributed by atoms with E-state index in [1.807, 2.05) is 13.8 Å². The summed E-state index contributed by atoms with van der Waals surface area (Å²) >= 11 is 0. The van der Waals surface area contributed by atoms with Crippen LogP contribution in [0.3, 0.4) is 0 Å². The van der Waals surface area contributed by atoms with Gasteiger partial charge in [0.1, 0.15) is 16.4 Å². The van der Waals surface area contributed by atoms with Gasteiger partial charge in [-0.05, 0) is 12.8 Å². The molecule has 1 aromatic rings. The highest BCUT2D eigenvalue weighted by Gasteiger charge is 2.33. The van der Waals surface area contributed by atoms with Crippen LogP contribution >= 0.6 is 0 Å². The Bertz CT molecular complexity index is 721. The number of amides is 1. The highest BCUT2D eigenvalue weighted by Crippen LogP contribution is 2.37. The predicted octanol–water partition coefficient (Wildman–Crippen LogP) is 0.822. The topological polar surface area (TPSA) is 120 Å². The van der Waals surface area contributed by atoms with Gasteiger partial charge in [0.15, 0.2) is 6.61 Å². The fourth-order valence-corrected chi connectivity index (χ4v) is 4.24. The first kappa shape index (κ1) is 18.5. The van der Waals surface area contributed by atoms with Crippen LogP contribution in [0, 0.1) is 0 Å². The Labute approximate surface area is 141 Å². The van der Waals surface area contributed by atoms with Gasteiger partial charge in [0, 0.05) is 24.2 Å². The van der Waals surface area contributed by atoms with Gasteiger partial charge in [0.05, 0.1) is 12.8 Å². The Morgan fingerprint density at radius 2 is 2.04 bits per heavy atom. The van der Waals surface area contributed by atoms with Crippen molar-refractivity contribution in [2.75, 3.05) is 25.6 Å². The maximum absolute atomic E-state index is 12.9. The molecule has 0 aliphatic carbocycles. The van der Waals surface area contributed by atoms with Gasteiger partial charge in [-0.3, -0.25) is 4.79 Å². The molecule has 0 spiro atoms. The van der Waals surface area contributed by atoms with Crippen molar-refractivity contribution in [3.63, 3.8) is 0 Å². The summed E-state index contributed by atoms with van der Waals surface area (Å²) in [6.07, 6.45) is 1.11. The summed E-state index contributed by atoms with van der Waals surface area (Å²) in [5, 5.41) is 2.62. The van der Waals surface area contributed by atoms with E-state index >= 15 is 0 Å². The number of methoxy groups -OCH3 is 1. The lowest BCUT2D eigenvalue weighted by molar-refractivity contribution is -0.118. The average molecular weight is 357 g/mol. The minimum absolute atomic E-state index is 0.0559. The largest absolute Gasteiger partial charge is 0.495 e. The van der Waals surface area contributed by atoms with Crippen molar-refractivity contribution >= 4 is 21.6 Å². The summed E-state index contributed by atoms with van der Waals surface area (Å²) < 4.78 is 38.9. The van der Waals surface area contributed by atoms with E-state index in [1.54, 1.807) is 0 Å². The number of rotatable bonds is 7. The lowest BCUT2D eigenvalue weighted by Crippen LogP contribution is -2.52. The van der Waals surface area contributed by atoms with Crippen LogP contribution in [-0.4, -0.2) is 40.1 Å². The molecule has 0 radical (unpaired) electrons. The first-order chi connectivity index (χ1) is 11.3. The number of carbonyl (C=O) groups excluding carboxylic acids is 1. The molecule has 1 aromatic carbocycles. The van der Waals surface area contributed by atoms with E-state index in [-0.39, 0.29) is 35.5 Å². The van der Waals surface area contributed by atoms with E-state index in [4.69, 9.17) is 15.2 Å². The van der Waals surface area contributed by atoms with Gasteiger partial charge in [-0.15, -0.1) is 0 Å². The maximum Gasteiger partial charge on any atom is 0.262 e. The number of nitrogens with one attached hydrogen (secondary N) is 2. The van der Waals surface area contributed by atoms with E-state index < -0.39 is 15.6 Å². The van der Waals surface area contributed by atoms with Gasteiger partial charge >= 0.3 is 0 Å². The van der Waals surface area contributed by atoms with Gasteiger partial charge in [-0.1, -0.05) is 13.8 Å². The molecule has 0 aromatic heterocycles. The first-order valence-corrected chi connectivity index (χ1v) is 9.18. The van der Waals surface area contributed by atoms with E-state index in [1.165, 1.54) is 19.2 Å². The summed E-state index contributed by atoms with van der Waals surface area (Å²) in [6, 6.07) is 2.78. The summed E-state index contributed by atoms with van der Waals surface area (Å²) in [4.78, 5) is 11.3. The molecular formula is C15H23N3O5S. The molecule has 9 heteroatoms. The normalized spacial score (nSPS) is 14.6. The molecule has 4 N–H and O–H groups in total. The standard InChI is InChI=1S/C15H23N3O5S/c1-4-15(5-2,9-16)18-24(20,21)13-7-11-10(6-12(13)22-3)17-14(19)8-23-11/h6-7,18H,4-5,8-9,16H2,1-3H3,(H,17,19). The average Bonchev–Trinajstić information content (AvgIpc) is 2.58. The zero-order valence-corrected chi connectivity index (χ0v) is 14.8. The summed E-state index contributed by atoms with van der Waals surface area (Å²) in [7, 11) is -2.53. The SMILES string of the molecule is CCC(CC)(CN)NS(=O)(=O)c1cc2c(cc1OC)NC(=O)CO2. The maximum atomic E-state index is 12.9. The Morgan fingerprint density at radius 3 is 2.58 bits per heavy atom. The van der Waals surface area contributed by atoms with Crippen molar-refractivity contribution in [3.05, 3.63) is 12.1 Å². The van der Waals surface area contributed by atoms with Crippen LogP contribution in [0.25, 0.3) is 0 Å². The van der Waals surface area contributed by atoms with Crippen molar-refractivity contribution in [1.29, 1.82) is 0 Å². The van der Waals surface area contributed by atoms with E-state index in [0.717, 1.165) is 0 Å². The molecule has 0 unspecified atom stereocenters. The summed E-state index contributed by atoms with van der Waals surface area (Å²) in [5.41, 5.74) is 5.43. The highest BCUT2D eigenvalue weighted by molar-refractivity contribution is 7.89. The van der Waals surface area contributed by atoms with Crippen LogP contribution in [-0.2, 0) is 14.8 Å². The van der Waals surface area contributed by atoms with Crippen LogP contribution < -0.4 is 25.2 Å². The fraction of sp³-hybridized carbons (Fsp3) is 0.533. The fourth-order valence-electron chi connectivity index (χ4n) is 2.52. The number of carbonyl (C=O) groups is 1. The zero-order chi connectivity index (χ0) is 18.0. The van der Waals surface area contributed by atoms with Crippen molar-refractivity contribution in [2.24, 2.45) is 5.73 Å². The van der Waals surface area contributed by atoms with Crippen molar-refractivity contribution in [1.82, 2.24) is 4.72 Å². The number of hydrogen-bond donors (Lipinski definition) is 3. The number of sulfonamides is 1. The molecule has 0 saturated carbocycles. The van der Waals surface area contributed by atoms with Gasteiger partial charge in [-0.2, -0.15) is 0 Å². The third-order valence-electron chi connectivity index (χ3n) is 4.28. The predicted molar refractivity (Wildman–Crippen MR) is 89.8 cm³/mol. The minimum atomic E-state index is -3.89. The van der Waals surface area contributed by atoms with Crippen LogP contribution in [0.4, 0.5) is 5.69 Å². The minimum Gasteiger partial charge on any atom is -0.495 e. The van der Waals surface area contributed by atoms with E-state index in [9.17, 15) is 13.2 Å². The van der Waals surface area contributed by atoms with E-state index in [0.29, 0.717) is 18.5 Å². The second-order valence-corrected chi connectivity index (χ2v) is 7.28. The Kier molecular flexibility index (Phi) is 5.36. The highest BCUT2D eigenvalue weighted by atomic mass is 32.2. The van der Waals surface area contributed by atoms with Gasteiger partial charge in [0.2, 0.25) is 10.0 Å². The van der Waals surface area contributed by atoms with Gasteiger partial charge in [-0.25, -0.2) is 13.1 Å². The second kappa shape index (κ2) is 6.96. The Balaban J connectivity index is 2.48. The number of ether oxygens (including phenoxy) is 2. The third-order valence-corrected chi connectivity index (χ3v) is 5.88. The molecular weight excluding hydrogens is 334 g/mol. The third kappa shape index (κ3) is 3.47. The lowest BCUT2D eigenvalue weighted by Gasteiger charge is -2.31. The molecule has 0 atom stereocenters. The quantitative estimate of drug-likeness (QED) is 0.665. The molecule has 1 aliphatic rings. The van der Waals surface area contributed by atoms with Crippen LogP contribution in [0.1, 0.15) is 26.7 Å². The molecule has 0 fully saturated rings. The monoisotopic (exact) mass is 357 g/mol. The number of hydrogen-bond acceptors (Lipinski definition) is 6. The van der Waals surface area contributed by atoms with E-state index in [2.05, 4.69) is 10.0 Å². The lowest BCUT2D eigenvalue weighted by atomic mass is 9.95. The zero-order valence-electron chi connectivity index (χ0n) is 14.0. The Morgan fingerprint density at radius 1 is 1.38 bits per heavy atom. The molecule has 1 heterocycles. The molecule has 134 valence electrons. The number of fused-ring (bicyclic) bond motifs is 1. The molecule has 0 bridgehead atoms.